The Morgan fingerprint density at radius 1 is 0.917 bits per heavy atom. The van der Waals surface area contributed by atoms with Gasteiger partial charge in [0.15, 0.2) is 12.4 Å². The Morgan fingerprint density at radius 3 is 2.33 bits per heavy atom. The van der Waals surface area contributed by atoms with Gasteiger partial charge < -0.3 is 9.47 Å². The van der Waals surface area contributed by atoms with Crippen molar-refractivity contribution in [2.24, 2.45) is 0 Å². The molecule has 0 atom stereocenters. The summed E-state index contributed by atoms with van der Waals surface area (Å²) in [6.07, 6.45) is 1.03. The van der Waals surface area contributed by atoms with Gasteiger partial charge in [-0.3, -0.25) is 19.0 Å². The van der Waals surface area contributed by atoms with Crippen molar-refractivity contribution in [3.8, 4) is 11.4 Å². The summed E-state index contributed by atoms with van der Waals surface area (Å²) in [4.78, 5) is 42.9. The van der Waals surface area contributed by atoms with Crippen LogP contribution in [0.3, 0.4) is 0 Å². The molecule has 0 unspecified atom stereocenters. The quantitative estimate of drug-likeness (QED) is 0.239. The number of rotatable bonds is 10. The monoisotopic (exact) mass is 484 g/mol. The number of esters is 1. The molecule has 7 heteroatoms. The van der Waals surface area contributed by atoms with E-state index >= 15 is 0 Å². The zero-order valence-corrected chi connectivity index (χ0v) is 20.4. The molecule has 4 rings (SSSR count). The third-order valence-electron chi connectivity index (χ3n) is 5.85. The predicted octanol–water partition coefficient (Wildman–Crippen LogP) is 4.71. The van der Waals surface area contributed by atoms with Gasteiger partial charge in [0.1, 0.15) is 11.6 Å². The molecule has 0 spiro atoms. The first-order valence-electron chi connectivity index (χ1n) is 12.0. The SMILES string of the molecule is CCOc1ccc(-n2c(CCC(=O)OCC(=O)c3ccc(CC)cc3)nc3ccccc3c2=O)cc1. The highest BCUT2D eigenvalue weighted by Gasteiger charge is 2.16. The van der Waals surface area contributed by atoms with Crippen LogP contribution in [-0.2, 0) is 22.4 Å². The maximum atomic E-state index is 13.4. The van der Waals surface area contributed by atoms with Crippen molar-refractivity contribution in [1.82, 2.24) is 9.55 Å². The summed E-state index contributed by atoms with van der Waals surface area (Å²) in [6, 6.07) is 21.5. The topological polar surface area (TPSA) is 87.5 Å². The Morgan fingerprint density at radius 2 is 1.64 bits per heavy atom. The van der Waals surface area contributed by atoms with Crippen molar-refractivity contribution in [2.75, 3.05) is 13.2 Å². The summed E-state index contributed by atoms with van der Waals surface area (Å²) in [5.41, 5.74) is 2.58. The van der Waals surface area contributed by atoms with E-state index in [1.54, 1.807) is 54.6 Å². The molecule has 0 amide bonds. The summed E-state index contributed by atoms with van der Waals surface area (Å²) in [5, 5.41) is 0.484. The maximum absolute atomic E-state index is 13.4. The number of benzene rings is 3. The largest absolute Gasteiger partial charge is 0.494 e. The number of para-hydroxylation sites is 1. The fourth-order valence-electron chi connectivity index (χ4n) is 3.91. The van der Waals surface area contributed by atoms with Gasteiger partial charge in [0, 0.05) is 12.0 Å². The molecule has 0 N–H and O–H groups in total. The number of aryl methyl sites for hydroxylation is 2. The van der Waals surface area contributed by atoms with Crippen LogP contribution < -0.4 is 10.3 Å². The lowest BCUT2D eigenvalue weighted by molar-refractivity contribution is -0.142. The van der Waals surface area contributed by atoms with Gasteiger partial charge in [-0.25, -0.2) is 4.98 Å². The van der Waals surface area contributed by atoms with Gasteiger partial charge in [0.25, 0.3) is 5.56 Å². The molecule has 0 radical (unpaired) electrons. The molecule has 0 saturated heterocycles. The van der Waals surface area contributed by atoms with Crippen LogP contribution in [0.25, 0.3) is 16.6 Å². The van der Waals surface area contributed by atoms with Gasteiger partial charge in [-0.05, 0) is 55.3 Å². The smallest absolute Gasteiger partial charge is 0.306 e. The minimum absolute atomic E-state index is 0.0239. The second-order valence-corrected chi connectivity index (χ2v) is 8.25. The molecule has 1 aromatic heterocycles. The second-order valence-electron chi connectivity index (χ2n) is 8.25. The molecule has 0 fully saturated rings. The fourth-order valence-corrected chi connectivity index (χ4v) is 3.91. The number of hydrogen-bond donors (Lipinski definition) is 0. The van der Waals surface area contributed by atoms with E-state index in [2.05, 4.69) is 4.98 Å². The zero-order valence-electron chi connectivity index (χ0n) is 20.4. The Bertz CT molecular complexity index is 1420. The molecule has 184 valence electrons. The number of aromatic nitrogens is 2. The summed E-state index contributed by atoms with van der Waals surface area (Å²) < 4.78 is 12.2. The van der Waals surface area contributed by atoms with Crippen LogP contribution in [0.5, 0.6) is 5.75 Å². The molecule has 0 saturated carbocycles. The van der Waals surface area contributed by atoms with Crippen molar-refractivity contribution in [3.63, 3.8) is 0 Å². The number of carbonyl (C=O) groups is 2. The normalized spacial score (nSPS) is 10.8. The third-order valence-corrected chi connectivity index (χ3v) is 5.85. The molecule has 4 aromatic rings. The average Bonchev–Trinajstić information content (AvgIpc) is 2.91. The molecule has 36 heavy (non-hydrogen) atoms. The van der Waals surface area contributed by atoms with Crippen LogP contribution in [0.4, 0.5) is 0 Å². The Hall–Kier alpha value is -4.26. The molecular formula is C29H28N2O5. The number of ketones is 1. The number of fused-ring (bicyclic) bond motifs is 1. The van der Waals surface area contributed by atoms with Crippen LogP contribution in [0, 0.1) is 0 Å². The van der Waals surface area contributed by atoms with Crippen LogP contribution in [0.1, 0.15) is 42.0 Å². The lowest BCUT2D eigenvalue weighted by Crippen LogP contribution is -2.25. The zero-order chi connectivity index (χ0) is 25.5. The molecule has 1 heterocycles. The van der Waals surface area contributed by atoms with Crippen molar-refractivity contribution in [2.45, 2.75) is 33.1 Å². The van der Waals surface area contributed by atoms with Gasteiger partial charge in [-0.1, -0.05) is 43.3 Å². The predicted molar refractivity (Wildman–Crippen MR) is 138 cm³/mol. The van der Waals surface area contributed by atoms with Gasteiger partial charge in [-0.15, -0.1) is 0 Å². The van der Waals surface area contributed by atoms with E-state index in [4.69, 9.17) is 9.47 Å². The molecule has 7 nitrogen and oxygen atoms in total. The Labute approximate surface area is 209 Å². The maximum Gasteiger partial charge on any atom is 0.306 e. The first-order chi connectivity index (χ1) is 17.5. The number of carbonyl (C=O) groups excluding carboxylic acids is 2. The number of ether oxygens (including phenoxy) is 2. The first-order valence-corrected chi connectivity index (χ1v) is 12.0. The molecule has 3 aromatic carbocycles. The van der Waals surface area contributed by atoms with E-state index < -0.39 is 5.97 Å². The fraction of sp³-hybridized carbons (Fsp3) is 0.241. The third kappa shape index (κ3) is 5.68. The van der Waals surface area contributed by atoms with E-state index in [0.29, 0.717) is 40.3 Å². The lowest BCUT2D eigenvalue weighted by atomic mass is 10.1. The van der Waals surface area contributed by atoms with E-state index in [0.717, 1.165) is 12.0 Å². The molecule has 0 aliphatic rings. The van der Waals surface area contributed by atoms with Crippen LogP contribution in [-0.4, -0.2) is 34.5 Å². The Balaban J connectivity index is 1.51. The van der Waals surface area contributed by atoms with Crippen molar-refractivity contribution in [1.29, 1.82) is 0 Å². The van der Waals surface area contributed by atoms with E-state index in [1.165, 1.54) is 4.57 Å². The van der Waals surface area contributed by atoms with Gasteiger partial charge in [0.2, 0.25) is 0 Å². The first kappa shape index (κ1) is 24.9. The summed E-state index contributed by atoms with van der Waals surface area (Å²) in [7, 11) is 0. The van der Waals surface area contributed by atoms with Crippen LogP contribution in [0.15, 0.2) is 77.6 Å². The van der Waals surface area contributed by atoms with Gasteiger partial charge in [-0.2, -0.15) is 0 Å². The van der Waals surface area contributed by atoms with E-state index in [-0.39, 0.29) is 30.8 Å². The van der Waals surface area contributed by atoms with Crippen LogP contribution in [0.2, 0.25) is 0 Å². The molecule has 0 aliphatic heterocycles. The second kappa shape index (κ2) is 11.4. The minimum atomic E-state index is -0.533. The number of Topliss-reactive ketones (excluding diaryl/α,β-unsaturated/α-hetero) is 1. The standard InChI is InChI=1S/C29H28N2O5/c1-3-20-9-11-21(12-10-20)26(32)19-36-28(33)18-17-27-30-25-8-6-5-7-24(25)29(34)31(27)22-13-15-23(16-14-22)35-4-2/h5-16H,3-4,17-19H2,1-2H3. The Kier molecular flexibility index (Phi) is 7.90. The van der Waals surface area contributed by atoms with E-state index in [1.807, 2.05) is 32.0 Å². The molecule has 0 aliphatic carbocycles. The molecular weight excluding hydrogens is 456 g/mol. The summed E-state index contributed by atoms with van der Waals surface area (Å²) in [5.74, 6) is 0.332. The lowest BCUT2D eigenvalue weighted by Gasteiger charge is -2.14. The highest BCUT2D eigenvalue weighted by atomic mass is 16.5. The highest BCUT2D eigenvalue weighted by Crippen LogP contribution is 2.18. The highest BCUT2D eigenvalue weighted by molar-refractivity contribution is 5.98. The van der Waals surface area contributed by atoms with Gasteiger partial charge >= 0.3 is 5.97 Å². The summed E-state index contributed by atoms with van der Waals surface area (Å²) in [6.45, 7) is 4.15. The number of nitrogens with zero attached hydrogens (tertiary/aromatic N) is 2. The average molecular weight is 485 g/mol. The van der Waals surface area contributed by atoms with Crippen molar-refractivity contribution >= 4 is 22.7 Å². The molecule has 0 bridgehead atoms. The summed E-state index contributed by atoms with van der Waals surface area (Å²) >= 11 is 0. The minimum Gasteiger partial charge on any atom is -0.494 e. The number of hydrogen-bond acceptors (Lipinski definition) is 6. The van der Waals surface area contributed by atoms with E-state index in [9.17, 15) is 14.4 Å². The van der Waals surface area contributed by atoms with Crippen LogP contribution >= 0.6 is 0 Å². The van der Waals surface area contributed by atoms with Crippen molar-refractivity contribution in [3.05, 3.63) is 100 Å². The van der Waals surface area contributed by atoms with Crippen molar-refractivity contribution < 1.29 is 19.1 Å². The van der Waals surface area contributed by atoms with Gasteiger partial charge in [0.05, 0.1) is 29.6 Å².